The second-order valence-corrected chi connectivity index (χ2v) is 13.5. The summed E-state index contributed by atoms with van der Waals surface area (Å²) in [6, 6.07) is 57.8. The monoisotopic (exact) mass is 620 g/mol. The number of para-hydroxylation sites is 2. The average Bonchev–Trinajstić information content (AvgIpc) is 3.63. The summed E-state index contributed by atoms with van der Waals surface area (Å²) in [4.78, 5) is 2.50. The van der Waals surface area contributed by atoms with Crippen molar-refractivity contribution in [2.24, 2.45) is 0 Å². The Hall–Kier alpha value is -5.51. The molecule has 2 aromatic heterocycles. The van der Waals surface area contributed by atoms with Crippen LogP contribution < -0.4 is 0 Å². The van der Waals surface area contributed by atoms with Gasteiger partial charge >= 0.3 is 0 Å². The summed E-state index contributed by atoms with van der Waals surface area (Å²) in [6.07, 6.45) is 0. The van der Waals surface area contributed by atoms with Crippen LogP contribution in [0.15, 0.2) is 168 Å². The van der Waals surface area contributed by atoms with E-state index >= 15 is 0 Å². The molecule has 47 heavy (non-hydrogen) atoms. The van der Waals surface area contributed by atoms with Crippen molar-refractivity contribution in [2.75, 3.05) is 0 Å². The quantitative estimate of drug-likeness (QED) is 0.186. The highest BCUT2D eigenvalue weighted by Gasteiger charge is 2.20. The second-order valence-electron chi connectivity index (χ2n) is 12.4. The lowest BCUT2D eigenvalue weighted by molar-refractivity contribution is 1.17. The Morgan fingerprint density at radius 3 is 1.79 bits per heavy atom. The number of rotatable bonds is 5. The predicted molar refractivity (Wildman–Crippen MR) is 201 cm³/mol. The Kier molecular flexibility index (Phi) is 6.55. The zero-order chi connectivity index (χ0) is 31.5. The van der Waals surface area contributed by atoms with Crippen molar-refractivity contribution in [3.05, 3.63) is 169 Å². The van der Waals surface area contributed by atoms with Gasteiger partial charge in [0.05, 0.1) is 22.1 Å². The van der Waals surface area contributed by atoms with E-state index < -0.39 is 0 Å². The molecule has 0 amide bonds. The highest BCUT2D eigenvalue weighted by molar-refractivity contribution is 7.99. The van der Waals surface area contributed by atoms with Gasteiger partial charge in [-0.2, -0.15) is 0 Å². The zero-order valence-corrected chi connectivity index (χ0v) is 27.1. The van der Waals surface area contributed by atoms with Gasteiger partial charge in [0.1, 0.15) is 0 Å². The van der Waals surface area contributed by atoms with Gasteiger partial charge in [0.15, 0.2) is 0 Å². The lowest BCUT2D eigenvalue weighted by Crippen LogP contribution is -1.96. The molecule has 9 aromatic rings. The Morgan fingerprint density at radius 1 is 0.404 bits per heavy atom. The SMILES string of the molecule is Cc1ccc(Sc2ccc(-c3cccc(-n4c5ccccc5c5ccc6c(c7ccccc7n6-c6cccc(C)c6)c54)c3)cc2)cc1. The molecule has 0 aliphatic carbocycles. The van der Waals surface area contributed by atoms with E-state index in [0.29, 0.717) is 0 Å². The second kappa shape index (κ2) is 11.1. The van der Waals surface area contributed by atoms with E-state index in [4.69, 9.17) is 0 Å². The first-order valence-electron chi connectivity index (χ1n) is 16.1. The van der Waals surface area contributed by atoms with Crippen LogP contribution in [0.25, 0.3) is 66.1 Å². The number of nitrogens with zero attached hydrogens (tertiary/aromatic N) is 2. The minimum atomic E-state index is 1.16. The molecule has 2 heterocycles. The van der Waals surface area contributed by atoms with Crippen molar-refractivity contribution in [3.8, 4) is 22.5 Å². The summed E-state index contributed by atoms with van der Waals surface area (Å²) < 4.78 is 4.90. The molecule has 0 aliphatic heterocycles. The summed E-state index contributed by atoms with van der Waals surface area (Å²) in [7, 11) is 0. The van der Waals surface area contributed by atoms with Gasteiger partial charge in [0.2, 0.25) is 0 Å². The number of hydrogen-bond donors (Lipinski definition) is 0. The van der Waals surface area contributed by atoms with Crippen LogP contribution in [0.3, 0.4) is 0 Å². The van der Waals surface area contributed by atoms with E-state index in [0.717, 1.165) is 5.69 Å². The summed E-state index contributed by atoms with van der Waals surface area (Å²) in [6.45, 7) is 4.29. The first-order valence-corrected chi connectivity index (χ1v) is 16.9. The molecule has 0 fully saturated rings. The number of fused-ring (bicyclic) bond motifs is 7. The molecular formula is C44H32N2S. The predicted octanol–water partition coefficient (Wildman–Crippen LogP) is 12.3. The fourth-order valence-electron chi connectivity index (χ4n) is 7.10. The van der Waals surface area contributed by atoms with Crippen LogP contribution in [0.1, 0.15) is 11.1 Å². The molecule has 0 unspecified atom stereocenters. The molecule has 0 aliphatic rings. The first-order chi connectivity index (χ1) is 23.1. The molecule has 7 aromatic carbocycles. The molecule has 0 saturated heterocycles. The van der Waals surface area contributed by atoms with Crippen molar-refractivity contribution >= 4 is 55.4 Å². The standard InChI is InChI=1S/C44H32N2S/c1-29-17-21-35(22-18-29)47-36-23-19-31(20-24-36)32-10-8-12-34(28-32)46-40-15-5-3-13-37(40)38-25-26-42-43(44(38)46)39-14-4-6-16-41(39)45(42)33-11-7-9-30(2)27-33/h3-28H,1-2H3. The zero-order valence-electron chi connectivity index (χ0n) is 26.3. The molecule has 9 rings (SSSR count). The van der Waals surface area contributed by atoms with Crippen molar-refractivity contribution in [1.82, 2.24) is 9.13 Å². The lowest BCUT2D eigenvalue weighted by Gasteiger charge is -2.12. The average molecular weight is 621 g/mol. The van der Waals surface area contributed by atoms with Gasteiger partial charge < -0.3 is 9.13 Å². The fraction of sp³-hybridized carbons (Fsp3) is 0.0455. The first kappa shape index (κ1) is 27.8. The number of benzene rings is 7. The van der Waals surface area contributed by atoms with E-state index in [2.05, 4.69) is 181 Å². The van der Waals surface area contributed by atoms with E-state index in [1.54, 1.807) is 11.8 Å². The Morgan fingerprint density at radius 2 is 1.04 bits per heavy atom. The van der Waals surface area contributed by atoms with Crippen LogP contribution in [0.5, 0.6) is 0 Å². The van der Waals surface area contributed by atoms with Crippen LogP contribution in [0, 0.1) is 13.8 Å². The number of aromatic nitrogens is 2. The van der Waals surface area contributed by atoms with Crippen LogP contribution in [0.2, 0.25) is 0 Å². The summed E-state index contributed by atoms with van der Waals surface area (Å²) in [5.41, 5.74) is 12.2. The third-order valence-corrected chi connectivity index (χ3v) is 10.3. The van der Waals surface area contributed by atoms with Gasteiger partial charge in [0, 0.05) is 42.7 Å². The van der Waals surface area contributed by atoms with Gasteiger partial charge in [0.25, 0.3) is 0 Å². The van der Waals surface area contributed by atoms with Crippen molar-refractivity contribution in [3.63, 3.8) is 0 Å². The molecule has 0 spiro atoms. The highest BCUT2D eigenvalue weighted by atomic mass is 32.2. The third kappa shape index (κ3) is 4.66. The number of hydrogen-bond acceptors (Lipinski definition) is 1. The summed E-state index contributed by atoms with van der Waals surface area (Å²) in [5, 5.41) is 5.07. The topological polar surface area (TPSA) is 9.86 Å². The molecule has 3 heteroatoms. The highest BCUT2D eigenvalue weighted by Crippen LogP contribution is 2.42. The maximum atomic E-state index is 2.48. The smallest absolute Gasteiger partial charge is 0.0641 e. The lowest BCUT2D eigenvalue weighted by atomic mass is 10.0. The van der Waals surface area contributed by atoms with Gasteiger partial charge in [-0.1, -0.05) is 108 Å². The van der Waals surface area contributed by atoms with E-state index in [9.17, 15) is 0 Å². The summed E-state index contributed by atoms with van der Waals surface area (Å²) in [5.74, 6) is 0. The van der Waals surface area contributed by atoms with E-state index in [1.807, 2.05) is 0 Å². The Balaban J connectivity index is 1.24. The van der Waals surface area contributed by atoms with Crippen molar-refractivity contribution in [2.45, 2.75) is 23.6 Å². The van der Waals surface area contributed by atoms with Crippen molar-refractivity contribution in [1.29, 1.82) is 0 Å². The molecule has 0 atom stereocenters. The maximum Gasteiger partial charge on any atom is 0.0641 e. The van der Waals surface area contributed by atoms with Crippen LogP contribution >= 0.6 is 11.8 Å². The third-order valence-electron chi connectivity index (χ3n) is 9.28. The van der Waals surface area contributed by atoms with Gasteiger partial charge in [-0.05, 0) is 97.3 Å². The van der Waals surface area contributed by atoms with Crippen LogP contribution in [0.4, 0.5) is 0 Å². The minimum Gasteiger partial charge on any atom is -0.309 e. The van der Waals surface area contributed by atoms with Crippen molar-refractivity contribution < 1.29 is 0 Å². The molecule has 0 N–H and O–H groups in total. The Labute approximate surface area is 278 Å². The molecule has 0 saturated carbocycles. The molecule has 0 radical (unpaired) electrons. The number of aryl methyl sites for hydroxylation is 2. The maximum absolute atomic E-state index is 2.48. The molecule has 224 valence electrons. The Bertz CT molecular complexity index is 2600. The fourth-order valence-corrected chi connectivity index (χ4v) is 7.92. The van der Waals surface area contributed by atoms with E-state index in [-0.39, 0.29) is 0 Å². The van der Waals surface area contributed by atoms with Crippen LogP contribution in [-0.4, -0.2) is 9.13 Å². The molecular weight excluding hydrogens is 589 g/mol. The largest absolute Gasteiger partial charge is 0.309 e. The molecule has 2 nitrogen and oxygen atoms in total. The van der Waals surface area contributed by atoms with E-state index in [1.165, 1.54) is 81.3 Å². The van der Waals surface area contributed by atoms with Crippen LogP contribution in [-0.2, 0) is 0 Å². The van der Waals surface area contributed by atoms with Gasteiger partial charge in [-0.25, -0.2) is 0 Å². The summed E-state index contributed by atoms with van der Waals surface area (Å²) >= 11 is 1.80. The molecule has 0 bridgehead atoms. The van der Waals surface area contributed by atoms with Gasteiger partial charge in [-0.3, -0.25) is 0 Å². The van der Waals surface area contributed by atoms with Gasteiger partial charge in [-0.15, -0.1) is 0 Å². The minimum absolute atomic E-state index is 1.16. The normalized spacial score (nSPS) is 11.7.